The van der Waals surface area contributed by atoms with E-state index in [0.29, 0.717) is 19.5 Å². The molecule has 2 rings (SSSR count). The molecule has 1 aromatic rings. The molecule has 26 heavy (non-hydrogen) atoms. The lowest BCUT2D eigenvalue weighted by molar-refractivity contribution is -0.486. The molecule has 146 valence electrons. The Labute approximate surface area is 146 Å². The number of rotatable bonds is 7. The number of nitrogens with one attached hydrogen (secondary N) is 1. The summed E-state index contributed by atoms with van der Waals surface area (Å²) in [5, 5.41) is 15.7. The number of aromatic nitrogens is 1. The fourth-order valence-corrected chi connectivity index (χ4v) is 2.49. The number of guanidine groups is 1. The van der Waals surface area contributed by atoms with Crippen LogP contribution in [0.5, 0.6) is 0 Å². The Kier molecular flexibility index (Phi) is 6.02. The minimum Gasteiger partial charge on any atom is -0.446 e. The van der Waals surface area contributed by atoms with Crippen molar-refractivity contribution in [1.29, 1.82) is 0 Å². The molecule has 1 fully saturated rings. The molecule has 0 saturated carbocycles. The first kappa shape index (κ1) is 19.9. The van der Waals surface area contributed by atoms with Crippen molar-refractivity contribution in [3.63, 3.8) is 0 Å². The molecule has 0 unspecified atom stereocenters. The Morgan fingerprint density at radius 2 is 2.12 bits per heavy atom. The predicted molar refractivity (Wildman–Crippen MR) is 80.3 cm³/mol. The summed E-state index contributed by atoms with van der Waals surface area (Å²) >= 11 is 0. The number of oxazole rings is 1. The summed E-state index contributed by atoms with van der Waals surface area (Å²) in [5.41, 5.74) is -1.19. The third kappa shape index (κ3) is 4.82. The molecule has 0 aromatic carbocycles. The van der Waals surface area contributed by atoms with Gasteiger partial charge in [-0.05, 0) is 13.8 Å². The second kappa shape index (κ2) is 7.86. The van der Waals surface area contributed by atoms with E-state index in [1.807, 2.05) is 0 Å². The summed E-state index contributed by atoms with van der Waals surface area (Å²) in [6.07, 6.45) is -4.17. The molecule has 1 N–H and O–H groups in total. The van der Waals surface area contributed by atoms with E-state index in [1.54, 1.807) is 13.8 Å². The molecule has 13 heteroatoms. The molecule has 0 atom stereocenters. The molecular formula is C13H18F3N5O5. The Morgan fingerprint density at radius 1 is 1.46 bits per heavy atom. The van der Waals surface area contributed by atoms with Gasteiger partial charge in [0.05, 0.1) is 19.6 Å². The molecule has 1 saturated heterocycles. The second-order valence-electron chi connectivity index (χ2n) is 5.27. The molecule has 1 aliphatic heterocycles. The normalized spacial score (nSPS) is 18.8. The number of halogens is 3. The van der Waals surface area contributed by atoms with Crippen LogP contribution in [0.15, 0.2) is 15.8 Å². The van der Waals surface area contributed by atoms with Gasteiger partial charge in [-0.1, -0.05) is 0 Å². The molecule has 0 spiro atoms. The molecule has 0 amide bonds. The number of nitrogens with zero attached hydrogens (tertiary/aromatic N) is 4. The Morgan fingerprint density at radius 3 is 2.62 bits per heavy atom. The van der Waals surface area contributed by atoms with Crippen LogP contribution in [0.2, 0.25) is 0 Å². The maximum Gasteiger partial charge on any atom is 0.436 e. The Bertz CT molecular complexity index is 657. The summed E-state index contributed by atoms with van der Waals surface area (Å²) in [6, 6.07) is 0. The molecule has 0 radical (unpaired) electrons. The average molecular weight is 381 g/mol. The fraction of sp³-hybridized carbons (Fsp3) is 0.692. The van der Waals surface area contributed by atoms with Gasteiger partial charge in [0.15, 0.2) is 10.7 Å². The predicted octanol–water partition coefficient (Wildman–Crippen LogP) is 1.42. The van der Waals surface area contributed by atoms with Crippen LogP contribution in [0.3, 0.4) is 0 Å². The number of hydrogen-bond acceptors (Lipinski definition) is 6. The van der Waals surface area contributed by atoms with Gasteiger partial charge >= 0.3 is 6.18 Å². The van der Waals surface area contributed by atoms with Crippen LogP contribution < -0.4 is 5.32 Å². The summed E-state index contributed by atoms with van der Waals surface area (Å²) in [5.74, 6) is -1.57. The van der Waals surface area contributed by atoms with E-state index in [0.717, 1.165) is 0 Å². The van der Waals surface area contributed by atoms with Gasteiger partial charge < -0.3 is 24.1 Å². The zero-order valence-corrected chi connectivity index (χ0v) is 14.1. The molecule has 10 nitrogen and oxygen atoms in total. The van der Waals surface area contributed by atoms with Crippen molar-refractivity contribution in [2.24, 2.45) is 5.10 Å². The Balaban J connectivity index is 2.25. The largest absolute Gasteiger partial charge is 0.446 e. The molecular weight excluding hydrogens is 363 g/mol. The lowest BCUT2D eigenvalue weighted by Crippen LogP contribution is -2.63. The number of hydrazone groups is 1. The standard InChI is InChI=1S/C13H18F3N5O5/c1-3-25-12(26-4-2)7-17-11(19-21(22)23)20(8-12)5-10-18-9(6-24-10)13(14,15)16/h6H,3-5,7-8H2,1-2H3,(H,17,19). The van der Waals surface area contributed by atoms with Crippen molar-refractivity contribution < 1.29 is 32.1 Å². The minimum atomic E-state index is -4.65. The van der Waals surface area contributed by atoms with E-state index in [9.17, 15) is 23.3 Å². The first-order valence-corrected chi connectivity index (χ1v) is 7.70. The van der Waals surface area contributed by atoms with E-state index in [1.165, 1.54) is 4.90 Å². The highest BCUT2D eigenvalue weighted by molar-refractivity contribution is 5.80. The van der Waals surface area contributed by atoms with Gasteiger partial charge in [-0.15, -0.1) is 0 Å². The maximum atomic E-state index is 12.7. The van der Waals surface area contributed by atoms with Gasteiger partial charge in [-0.25, -0.2) is 15.1 Å². The fourth-order valence-electron chi connectivity index (χ4n) is 2.49. The third-order valence-electron chi connectivity index (χ3n) is 3.41. The topological polar surface area (TPSA) is 115 Å². The smallest absolute Gasteiger partial charge is 0.436 e. The van der Waals surface area contributed by atoms with Gasteiger partial charge in [-0.3, -0.25) is 0 Å². The minimum absolute atomic E-state index is 0.0158. The number of ether oxygens (including phenoxy) is 2. The SMILES string of the molecule is CCOC1(OCC)CN/C(=N\[N+](=O)[O-])N(Cc2nc(C(F)(F)F)co2)C1. The quantitative estimate of drug-likeness (QED) is 0.428. The number of alkyl halides is 3. The van der Waals surface area contributed by atoms with Crippen LogP contribution >= 0.6 is 0 Å². The highest BCUT2D eigenvalue weighted by atomic mass is 19.4. The zero-order valence-electron chi connectivity index (χ0n) is 14.1. The lowest BCUT2D eigenvalue weighted by Gasteiger charge is -2.42. The van der Waals surface area contributed by atoms with Crippen molar-refractivity contribution >= 4 is 5.96 Å². The summed E-state index contributed by atoms with van der Waals surface area (Å²) in [7, 11) is 0. The van der Waals surface area contributed by atoms with E-state index in [-0.39, 0.29) is 31.5 Å². The molecule has 1 aromatic heterocycles. The van der Waals surface area contributed by atoms with E-state index < -0.39 is 22.7 Å². The summed E-state index contributed by atoms with van der Waals surface area (Å²) in [4.78, 5) is 15.4. The third-order valence-corrected chi connectivity index (χ3v) is 3.41. The number of nitro groups is 1. The van der Waals surface area contributed by atoms with Crippen molar-refractivity contribution in [1.82, 2.24) is 15.2 Å². The molecule has 2 heterocycles. The van der Waals surface area contributed by atoms with Crippen LogP contribution in [-0.2, 0) is 22.2 Å². The highest BCUT2D eigenvalue weighted by Gasteiger charge is 2.41. The van der Waals surface area contributed by atoms with Crippen LogP contribution in [0.1, 0.15) is 25.4 Å². The van der Waals surface area contributed by atoms with Gasteiger partial charge in [0, 0.05) is 13.2 Å². The van der Waals surface area contributed by atoms with Gasteiger partial charge in [0.1, 0.15) is 11.4 Å². The maximum absolute atomic E-state index is 12.7. The zero-order chi connectivity index (χ0) is 19.4. The second-order valence-corrected chi connectivity index (χ2v) is 5.27. The van der Waals surface area contributed by atoms with Crippen molar-refractivity contribution in [3.8, 4) is 0 Å². The van der Waals surface area contributed by atoms with Crippen LogP contribution in [0.4, 0.5) is 13.2 Å². The Hall–Kier alpha value is -2.41. The van der Waals surface area contributed by atoms with Crippen LogP contribution in [0.25, 0.3) is 0 Å². The van der Waals surface area contributed by atoms with Gasteiger partial charge in [-0.2, -0.15) is 13.2 Å². The first-order chi connectivity index (χ1) is 12.2. The van der Waals surface area contributed by atoms with Gasteiger partial charge in [0.25, 0.3) is 5.96 Å². The van der Waals surface area contributed by atoms with Crippen LogP contribution in [-0.4, -0.2) is 53.0 Å². The van der Waals surface area contributed by atoms with E-state index >= 15 is 0 Å². The molecule has 0 aliphatic carbocycles. The average Bonchev–Trinajstić information content (AvgIpc) is 2.99. The van der Waals surface area contributed by atoms with Crippen molar-refractivity contribution in [2.45, 2.75) is 32.4 Å². The molecule has 1 aliphatic rings. The van der Waals surface area contributed by atoms with Crippen molar-refractivity contribution in [2.75, 3.05) is 26.3 Å². The summed E-state index contributed by atoms with van der Waals surface area (Å²) in [6.45, 7) is 3.86. The van der Waals surface area contributed by atoms with E-state index in [2.05, 4.69) is 15.4 Å². The molecule has 0 bridgehead atoms. The van der Waals surface area contributed by atoms with Gasteiger partial charge in [0.2, 0.25) is 11.7 Å². The summed E-state index contributed by atoms with van der Waals surface area (Å²) < 4.78 is 54.0. The van der Waals surface area contributed by atoms with Crippen LogP contribution in [0, 0.1) is 10.1 Å². The lowest BCUT2D eigenvalue weighted by atomic mass is 10.2. The van der Waals surface area contributed by atoms with E-state index in [4.69, 9.17) is 13.9 Å². The van der Waals surface area contributed by atoms with Crippen molar-refractivity contribution in [3.05, 3.63) is 28.0 Å². The highest BCUT2D eigenvalue weighted by Crippen LogP contribution is 2.29. The monoisotopic (exact) mass is 381 g/mol. The number of hydrogen-bond donors (Lipinski definition) is 1. The first-order valence-electron chi connectivity index (χ1n) is 7.70.